The third-order valence-corrected chi connectivity index (χ3v) is 3.57. The lowest BCUT2D eigenvalue weighted by Crippen LogP contribution is -2.44. The number of hydrogen-bond donors (Lipinski definition) is 2. The van der Waals surface area contributed by atoms with Crippen LogP contribution in [-0.2, 0) is 9.53 Å². The highest BCUT2D eigenvalue weighted by molar-refractivity contribution is 6.00. The molecule has 0 fully saturated rings. The fourth-order valence-corrected chi connectivity index (χ4v) is 2.42. The molecule has 0 saturated heterocycles. The molecule has 0 aliphatic heterocycles. The number of carbonyl (C=O) groups excluding carboxylic acids is 3. The summed E-state index contributed by atoms with van der Waals surface area (Å²) in [6, 6.07) is 5.82. The molecule has 1 heterocycles. The van der Waals surface area contributed by atoms with Gasteiger partial charge in [-0.25, -0.2) is 9.59 Å². The van der Waals surface area contributed by atoms with Gasteiger partial charge in [-0.2, -0.15) is 13.2 Å². The van der Waals surface area contributed by atoms with Crippen molar-refractivity contribution >= 4 is 28.8 Å². The maximum absolute atomic E-state index is 12.3. The van der Waals surface area contributed by atoms with E-state index in [1.165, 1.54) is 5.32 Å². The monoisotopic (exact) mass is 383 g/mol. The van der Waals surface area contributed by atoms with E-state index in [1.807, 2.05) is 0 Å². The van der Waals surface area contributed by atoms with Gasteiger partial charge in [0.2, 0.25) is 0 Å². The Labute approximate surface area is 151 Å². The molecule has 10 heteroatoms. The number of rotatable bonds is 4. The van der Waals surface area contributed by atoms with E-state index in [4.69, 9.17) is 4.74 Å². The van der Waals surface area contributed by atoms with E-state index < -0.39 is 37.2 Å². The summed E-state index contributed by atoms with van der Waals surface area (Å²) in [7, 11) is 0. The zero-order chi connectivity index (χ0) is 20.2. The summed E-state index contributed by atoms with van der Waals surface area (Å²) in [5, 5.41) is 3.84. The van der Waals surface area contributed by atoms with Crippen molar-refractivity contribution in [3.8, 4) is 0 Å². The molecule has 0 spiro atoms. The van der Waals surface area contributed by atoms with Crippen molar-refractivity contribution in [2.24, 2.45) is 0 Å². The van der Waals surface area contributed by atoms with Crippen LogP contribution in [0.1, 0.15) is 21.6 Å². The number of urea groups is 1. The Morgan fingerprint density at radius 1 is 1.15 bits per heavy atom. The third kappa shape index (κ3) is 5.40. The Morgan fingerprint density at radius 3 is 2.48 bits per heavy atom. The lowest BCUT2D eigenvalue weighted by atomic mass is 10.0. The molecule has 1 aromatic carbocycles. The number of imide groups is 1. The number of alkyl halides is 3. The Hall–Kier alpha value is -3.17. The Balaban J connectivity index is 1.99. The number of carbonyl (C=O) groups is 3. The molecule has 2 N–H and O–H groups in total. The van der Waals surface area contributed by atoms with Gasteiger partial charge in [0.15, 0.2) is 6.61 Å². The normalized spacial score (nSPS) is 11.1. The molecule has 3 amide bonds. The van der Waals surface area contributed by atoms with Crippen molar-refractivity contribution in [1.29, 1.82) is 0 Å². The molecule has 0 radical (unpaired) electrons. The summed E-state index contributed by atoms with van der Waals surface area (Å²) in [6.07, 6.45) is -4.61. The predicted molar refractivity (Wildman–Crippen MR) is 89.1 cm³/mol. The van der Waals surface area contributed by atoms with Gasteiger partial charge in [-0.3, -0.25) is 15.1 Å². The SMILES string of the molecule is Cc1nc2ccccc2c(C)c1C(=O)OCC(=O)NC(=O)NCC(F)(F)F. The lowest BCUT2D eigenvalue weighted by Gasteiger charge is -2.12. The zero-order valence-electron chi connectivity index (χ0n) is 14.4. The van der Waals surface area contributed by atoms with Gasteiger partial charge in [0, 0.05) is 5.39 Å². The van der Waals surface area contributed by atoms with Gasteiger partial charge in [0.1, 0.15) is 6.54 Å². The second-order valence-corrected chi connectivity index (χ2v) is 5.64. The van der Waals surface area contributed by atoms with Crippen LogP contribution in [0.4, 0.5) is 18.0 Å². The van der Waals surface area contributed by atoms with Crippen LogP contribution < -0.4 is 10.6 Å². The van der Waals surface area contributed by atoms with Crippen molar-refractivity contribution in [2.45, 2.75) is 20.0 Å². The van der Waals surface area contributed by atoms with Crippen LogP contribution in [0.25, 0.3) is 10.9 Å². The molecule has 0 atom stereocenters. The number of aryl methyl sites for hydroxylation is 2. The van der Waals surface area contributed by atoms with Crippen molar-refractivity contribution in [2.75, 3.05) is 13.2 Å². The quantitative estimate of drug-likeness (QED) is 0.791. The minimum Gasteiger partial charge on any atom is -0.452 e. The van der Waals surface area contributed by atoms with Crippen LogP contribution in [0, 0.1) is 13.8 Å². The van der Waals surface area contributed by atoms with Gasteiger partial charge in [-0.15, -0.1) is 0 Å². The molecule has 27 heavy (non-hydrogen) atoms. The number of hydrogen-bond acceptors (Lipinski definition) is 5. The molecule has 0 bridgehead atoms. The number of nitrogens with zero attached hydrogens (tertiary/aromatic N) is 1. The third-order valence-electron chi connectivity index (χ3n) is 3.57. The fraction of sp³-hybridized carbons (Fsp3) is 0.294. The number of ether oxygens (including phenoxy) is 1. The lowest BCUT2D eigenvalue weighted by molar-refractivity contribution is -0.125. The number of amides is 3. The van der Waals surface area contributed by atoms with Crippen molar-refractivity contribution < 1.29 is 32.3 Å². The summed E-state index contributed by atoms with van der Waals surface area (Å²) < 4.78 is 40.8. The summed E-state index contributed by atoms with van der Waals surface area (Å²) >= 11 is 0. The molecular formula is C17H16F3N3O4. The maximum Gasteiger partial charge on any atom is 0.405 e. The molecule has 0 aliphatic rings. The van der Waals surface area contributed by atoms with Crippen LogP contribution in [-0.4, -0.2) is 42.2 Å². The number of para-hydroxylation sites is 1. The molecule has 1 aromatic heterocycles. The number of esters is 1. The molecule has 7 nitrogen and oxygen atoms in total. The molecule has 2 rings (SSSR count). The first-order valence-corrected chi connectivity index (χ1v) is 7.76. The highest BCUT2D eigenvalue weighted by Gasteiger charge is 2.28. The second kappa shape index (κ2) is 8.02. The number of benzene rings is 1. The largest absolute Gasteiger partial charge is 0.452 e. The number of fused-ring (bicyclic) bond motifs is 1. The fourth-order valence-electron chi connectivity index (χ4n) is 2.42. The topological polar surface area (TPSA) is 97.4 Å². The number of halogens is 3. The molecule has 0 unspecified atom stereocenters. The van der Waals surface area contributed by atoms with Gasteiger partial charge in [0.05, 0.1) is 16.8 Å². The average molecular weight is 383 g/mol. The van der Waals surface area contributed by atoms with Crippen molar-refractivity contribution in [1.82, 2.24) is 15.6 Å². The van der Waals surface area contributed by atoms with E-state index in [0.717, 1.165) is 5.39 Å². The van der Waals surface area contributed by atoms with E-state index in [2.05, 4.69) is 4.98 Å². The summed E-state index contributed by atoms with van der Waals surface area (Å²) in [5.74, 6) is -1.89. The van der Waals surface area contributed by atoms with Crippen molar-refractivity contribution in [3.05, 3.63) is 41.1 Å². The highest BCUT2D eigenvalue weighted by atomic mass is 19.4. The molecular weight excluding hydrogens is 367 g/mol. The maximum atomic E-state index is 12.3. The number of pyridine rings is 1. The standard InChI is InChI=1S/C17H16F3N3O4/c1-9-11-5-3-4-6-12(11)22-10(2)14(9)15(25)27-7-13(24)23-16(26)21-8-17(18,19)20/h3-6H,7-8H2,1-2H3,(H2,21,23,24,26). The first kappa shape index (κ1) is 20.1. The Morgan fingerprint density at radius 2 is 1.81 bits per heavy atom. The van der Waals surface area contributed by atoms with E-state index in [0.29, 0.717) is 16.8 Å². The van der Waals surface area contributed by atoms with Crippen LogP contribution in [0.15, 0.2) is 24.3 Å². The number of nitrogens with one attached hydrogen (secondary N) is 2. The molecule has 144 valence electrons. The van der Waals surface area contributed by atoms with Crippen LogP contribution in [0.5, 0.6) is 0 Å². The van der Waals surface area contributed by atoms with Crippen LogP contribution >= 0.6 is 0 Å². The van der Waals surface area contributed by atoms with Crippen LogP contribution in [0.2, 0.25) is 0 Å². The minimum absolute atomic E-state index is 0.183. The first-order chi connectivity index (χ1) is 12.6. The molecule has 0 saturated carbocycles. The summed E-state index contributed by atoms with van der Waals surface area (Å²) in [4.78, 5) is 39.3. The highest BCUT2D eigenvalue weighted by Crippen LogP contribution is 2.23. The van der Waals surface area contributed by atoms with E-state index >= 15 is 0 Å². The smallest absolute Gasteiger partial charge is 0.405 e. The minimum atomic E-state index is -4.61. The van der Waals surface area contributed by atoms with E-state index in [-0.39, 0.29) is 5.56 Å². The van der Waals surface area contributed by atoms with Gasteiger partial charge in [-0.1, -0.05) is 18.2 Å². The summed E-state index contributed by atoms with van der Waals surface area (Å²) in [5.41, 5.74) is 1.90. The summed E-state index contributed by atoms with van der Waals surface area (Å²) in [6.45, 7) is 0.899. The second-order valence-electron chi connectivity index (χ2n) is 5.64. The van der Waals surface area contributed by atoms with Gasteiger partial charge in [0.25, 0.3) is 5.91 Å². The Kier molecular flexibility index (Phi) is 5.98. The average Bonchev–Trinajstić information content (AvgIpc) is 2.57. The van der Waals surface area contributed by atoms with Crippen molar-refractivity contribution in [3.63, 3.8) is 0 Å². The van der Waals surface area contributed by atoms with Gasteiger partial charge >= 0.3 is 18.2 Å². The van der Waals surface area contributed by atoms with Gasteiger partial charge < -0.3 is 10.1 Å². The van der Waals surface area contributed by atoms with E-state index in [1.54, 1.807) is 43.4 Å². The Bertz CT molecular complexity index is 897. The van der Waals surface area contributed by atoms with Crippen LogP contribution in [0.3, 0.4) is 0 Å². The first-order valence-electron chi connectivity index (χ1n) is 7.76. The van der Waals surface area contributed by atoms with E-state index in [9.17, 15) is 27.6 Å². The number of aromatic nitrogens is 1. The predicted octanol–water partition coefficient (Wildman–Crippen LogP) is 2.40. The zero-order valence-corrected chi connectivity index (χ0v) is 14.4. The molecule has 0 aliphatic carbocycles. The van der Waals surface area contributed by atoms with Gasteiger partial charge in [-0.05, 0) is 25.5 Å². The molecule has 2 aromatic rings.